The number of aromatic nitrogens is 6. The number of nitrogens with zero attached hydrogens (tertiary/aromatic N) is 5. The Morgan fingerprint density at radius 2 is 1.89 bits per heavy atom. The molecule has 1 unspecified atom stereocenters. The molecule has 0 saturated carbocycles. The van der Waals surface area contributed by atoms with Gasteiger partial charge in [-0.1, -0.05) is 6.07 Å². The van der Waals surface area contributed by atoms with E-state index in [4.69, 9.17) is 16.1 Å². The lowest BCUT2D eigenvalue weighted by molar-refractivity contribution is -0.137. The molecule has 192 valence electrons. The number of carbonyl (C=O) groups excluding carboxylic acids is 1. The molecule has 1 aliphatic heterocycles. The van der Waals surface area contributed by atoms with Crippen LogP contribution in [0.1, 0.15) is 48.1 Å². The molecular weight excluding hydrogens is 470 g/mol. The summed E-state index contributed by atoms with van der Waals surface area (Å²) in [4.78, 5) is 23.9. The highest BCUT2D eigenvalue weighted by molar-refractivity contribution is 5.95. The van der Waals surface area contributed by atoms with E-state index in [0.29, 0.717) is 24.5 Å². The van der Waals surface area contributed by atoms with Gasteiger partial charge in [0.2, 0.25) is 5.91 Å². The minimum absolute atomic E-state index is 0.0337. The highest BCUT2D eigenvalue weighted by atomic mass is 16.2. The van der Waals surface area contributed by atoms with Gasteiger partial charge in [-0.3, -0.25) is 15.5 Å². The first-order chi connectivity index (χ1) is 17.8. The third kappa shape index (κ3) is 4.87. The topological polar surface area (TPSA) is 177 Å². The fourth-order valence-corrected chi connectivity index (χ4v) is 4.88. The fourth-order valence-electron chi connectivity index (χ4n) is 4.88. The van der Waals surface area contributed by atoms with Crippen molar-refractivity contribution in [2.45, 2.75) is 45.3 Å². The smallest absolute Gasteiger partial charge is 0.247 e. The molecule has 1 saturated heterocycles. The summed E-state index contributed by atoms with van der Waals surface area (Å²) in [6, 6.07) is 11.3. The lowest BCUT2D eigenvalue weighted by Crippen LogP contribution is -2.53. The van der Waals surface area contributed by atoms with E-state index >= 15 is 0 Å². The van der Waals surface area contributed by atoms with Crippen LogP contribution in [-0.2, 0) is 23.4 Å². The lowest BCUT2D eigenvalue weighted by atomic mass is 9.86. The number of likely N-dealkylation sites (tertiary alicyclic amines) is 1. The highest BCUT2D eigenvalue weighted by Gasteiger charge is 2.40. The van der Waals surface area contributed by atoms with Crippen LogP contribution in [0.15, 0.2) is 36.4 Å². The number of hydrogen-bond donors (Lipinski definition) is 6. The van der Waals surface area contributed by atoms with E-state index in [1.165, 1.54) is 0 Å². The predicted molar refractivity (Wildman–Crippen MR) is 140 cm³/mol. The van der Waals surface area contributed by atoms with Crippen molar-refractivity contribution in [3.63, 3.8) is 0 Å². The van der Waals surface area contributed by atoms with E-state index in [1.807, 2.05) is 43.0 Å². The van der Waals surface area contributed by atoms with Gasteiger partial charge >= 0.3 is 0 Å². The molecule has 2 aromatic heterocycles. The Hall–Kier alpha value is -4.32. The summed E-state index contributed by atoms with van der Waals surface area (Å²) in [5, 5.41) is 28.3. The maximum Gasteiger partial charge on any atom is 0.247 e. The van der Waals surface area contributed by atoms with Gasteiger partial charge in [0.15, 0.2) is 5.82 Å². The highest BCUT2D eigenvalue weighted by Crippen LogP contribution is 2.32. The SMILES string of the molecule is Cc1c(C(C)(NCc2nnn[nH]2)C(=O)N2CCCC2)ccc2[nH]c(CNc3ccc(C(=N)N)cc3)nc12. The Kier molecular flexibility index (Phi) is 6.57. The minimum Gasteiger partial charge on any atom is -0.384 e. The second-order valence-corrected chi connectivity index (χ2v) is 9.49. The van der Waals surface area contributed by atoms with Crippen LogP contribution in [0.4, 0.5) is 5.69 Å². The number of aryl methyl sites for hydroxylation is 1. The molecule has 0 radical (unpaired) electrons. The zero-order chi connectivity index (χ0) is 26.0. The number of hydrogen-bond acceptors (Lipinski definition) is 8. The summed E-state index contributed by atoms with van der Waals surface area (Å²) >= 11 is 0. The van der Waals surface area contributed by atoms with Crippen LogP contribution in [0.3, 0.4) is 0 Å². The van der Waals surface area contributed by atoms with Crippen molar-refractivity contribution in [1.82, 2.24) is 40.8 Å². The van der Waals surface area contributed by atoms with Gasteiger partial charge in [0.1, 0.15) is 17.2 Å². The summed E-state index contributed by atoms with van der Waals surface area (Å²) in [6.07, 6.45) is 2.03. The van der Waals surface area contributed by atoms with E-state index in [9.17, 15) is 4.79 Å². The number of nitrogens with one attached hydrogen (secondary N) is 5. The number of H-pyrrole nitrogens is 2. The Bertz CT molecular complexity index is 1400. The Morgan fingerprint density at radius 1 is 1.14 bits per heavy atom. The molecule has 3 heterocycles. The molecule has 2 aromatic carbocycles. The molecule has 1 atom stereocenters. The van der Waals surface area contributed by atoms with Gasteiger partial charge in [0.25, 0.3) is 0 Å². The normalized spacial score (nSPS) is 15.1. The van der Waals surface area contributed by atoms with Crippen molar-refractivity contribution in [2.75, 3.05) is 18.4 Å². The van der Waals surface area contributed by atoms with E-state index in [1.54, 1.807) is 12.1 Å². The average Bonchev–Trinajstić information content (AvgIpc) is 3.68. The van der Waals surface area contributed by atoms with Crippen LogP contribution >= 0.6 is 0 Å². The molecule has 12 nitrogen and oxygen atoms in total. The monoisotopic (exact) mass is 501 g/mol. The molecule has 5 rings (SSSR count). The van der Waals surface area contributed by atoms with Crippen LogP contribution in [0.5, 0.6) is 0 Å². The number of fused-ring (bicyclic) bond motifs is 1. The summed E-state index contributed by atoms with van der Waals surface area (Å²) in [5.41, 5.74) is 9.67. The number of benzene rings is 2. The Labute approximate surface area is 213 Å². The number of aromatic amines is 2. The van der Waals surface area contributed by atoms with Crippen LogP contribution in [0, 0.1) is 12.3 Å². The minimum atomic E-state index is -0.981. The number of anilines is 1. The van der Waals surface area contributed by atoms with E-state index < -0.39 is 5.54 Å². The second kappa shape index (κ2) is 9.97. The first-order valence-corrected chi connectivity index (χ1v) is 12.3. The zero-order valence-corrected chi connectivity index (χ0v) is 20.9. The molecule has 1 aliphatic rings. The second-order valence-electron chi connectivity index (χ2n) is 9.49. The number of nitrogen functional groups attached to an aromatic ring is 1. The Morgan fingerprint density at radius 3 is 2.57 bits per heavy atom. The van der Waals surface area contributed by atoms with Crippen molar-refractivity contribution in [2.24, 2.45) is 5.73 Å². The average molecular weight is 502 g/mol. The fraction of sp³-hybridized carbons (Fsp3) is 0.360. The van der Waals surface area contributed by atoms with Crippen molar-refractivity contribution in [3.8, 4) is 0 Å². The quantitative estimate of drug-likeness (QED) is 0.149. The van der Waals surface area contributed by atoms with Gasteiger partial charge in [-0.05, 0) is 78.6 Å². The van der Waals surface area contributed by atoms with Crippen LogP contribution in [0.2, 0.25) is 0 Å². The zero-order valence-electron chi connectivity index (χ0n) is 20.9. The van der Waals surface area contributed by atoms with Crippen LogP contribution < -0.4 is 16.4 Å². The molecule has 0 spiro atoms. The molecule has 1 fully saturated rings. The van der Waals surface area contributed by atoms with Gasteiger partial charge < -0.3 is 20.9 Å². The molecule has 37 heavy (non-hydrogen) atoms. The summed E-state index contributed by atoms with van der Waals surface area (Å²) in [5.74, 6) is 1.41. The summed E-state index contributed by atoms with van der Waals surface area (Å²) < 4.78 is 0. The van der Waals surface area contributed by atoms with Crippen molar-refractivity contribution >= 4 is 28.5 Å². The number of amides is 1. The standard InChI is InChI=1S/C25H31N11O/c1-15-18(25(2,24(37)36-11-3-4-12-36)29-14-21-32-34-35-33-21)9-10-19-22(15)31-20(30-19)13-28-17-7-5-16(6-8-17)23(26)27/h5-10,28-29H,3-4,11-14H2,1-2H3,(H3,26,27)(H,30,31)(H,32,33,34,35). The lowest BCUT2D eigenvalue weighted by Gasteiger charge is -2.35. The molecule has 12 heteroatoms. The molecule has 7 N–H and O–H groups in total. The summed E-state index contributed by atoms with van der Waals surface area (Å²) in [6.45, 7) is 6.25. The van der Waals surface area contributed by atoms with E-state index in [0.717, 1.165) is 59.6 Å². The number of rotatable bonds is 9. The van der Waals surface area contributed by atoms with Gasteiger partial charge in [0.05, 0.1) is 24.1 Å². The Balaban J connectivity index is 1.41. The van der Waals surface area contributed by atoms with Gasteiger partial charge in [-0.2, -0.15) is 0 Å². The molecule has 1 amide bonds. The third-order valence-electron chi connectivity index (χ3n) is 6.97. The van der Waals surface area contributed by atoms with Gasteiger partial charge in [0, 0.05) is 24.3 Å². The molecule has 0 bridgehead atoms. The third-order valence-corrected chi connectivity index (χ3v) is 6.97. The van der Waals surface area contributed by atoms with Crippen molar-refractivity contribution < 1.29 is 4.79 Å². The molecular formula is C25H31N11O. The number of amidine groups is 1. The van der Waals surface area contributed by atoms with Crippen molar-refractivity contribution in [1.29, 1.82) is 5.41 Å². The van der Waals surface area contributed by atoms with Gasteiger partial charge in [-0.15, -0.1) is 5.10 Å². The number of tetrazole rings is 1. The van der Waals surface area contributed by atoms with Crippen LogP contribution in [0.25, 0.3) is 11.0 Å². The first-order valence-electron chi connectivity index (χ1n) is 12.3. The van der Waals surface area contributed by atoms with E-state index in [-0.39, 0.29) is 11.7 Å². The maximum atomic E-state index is 13.8. The maximum absolute atomic E-state index is 13.8. The van der Waals surface area contributed by atoms with E-state index in [2.05, 4.69) is 36.2 Å². The number of carbonyl (C=O) groups is 1. The first kappa shape index (κ1) is 24.4. The predicted octanol–water partition coefficient (Wildman–Crippen LogP) is 1.91. The molecule has 4 aromatic rings. The number of nitrogens with two attached hydrogens (primary N) is 1. The van der Waals surface area contributed by atoms with Crippen LogP contribution in [-0.4, -0.2) is 60.3 Å². The van der Waals surface area contributed by atoms with Crippen molar-refractivity contribution in [3.05, 3.63) is 64.7 Å². The summed E-state index contributed by atoms with van der Waals surface area (Å²) in [7, 11) is 0. The van der Waals surface area contributed by atoms with Gasteiger partial charge in [-0.25, -0.2) is 10.1 Å². The largest absolute Gasteiger partial charge is 0.384 e. The molecule has 0 aliphatic carbocycles. The number of imidazole rings is 1.